The molecular weight excluding hydrogens is 414 g/mol. The van der Waals surface area contributed by atoms with Crippen molar-refractivity contribution in [3.05, 3.63) is 47.8 Å². The maximum atomic E-state index is 12.4. The summed E-state index contributed by atoms with van der Waals surface area (Å²) in [6.45, 7) is 3.74. The number of esters is 1. The zero-order chi connectivity index (χ0) is 21.6. The number of benzene rings is 1. The molecule has 1 aromatic carbocycles. The van der Waals surface area contributed by atoms with Gasteiger partial charge in [0.05, 0.1) is 25.0 Å². The molecule has 2 aliphatic rings. The number of rotatable bonds is 7. The number of aromatic nitrogens is 2. The third-order valence-corrected chi connectivity index (χ3v) is 6.81. The minimum atomic E-state index is -0.315. The predicted molar refractivity (Wildman–Crippen MR) is 118 cm³/mol. The number of methoxy groups -OCH3 is 1. The van der Waals surface area contributed by atoms with Crippen LogP contribution in [0.4, 0.5) is 0 Å². The van der Waals surface area contributed by atoms with Gasteiger partial charge in [-0.25, -0.2) is 0 Å². The summed E-state index contributed by atoms with van der Waals surface area (Å²) >= 11 is 1.01. The molecule has 2 saturated heterocycles. The summed E-state index contributed by atoms with van der Waals surface area (Å²) in [7, 11) is 1.43. The molecule has 4 rings (SSSR count). The van der Waals surface area contributed by atoms with Crippen molar-refractivity contribution in [2.24, 2.45) is 0 Å². The number of hydrogen-bond acceptors (Lipinski definition) is 8. The summed E-state index contributed by atoms with van der Waals surface area (Å²) < 4.78 is 12.9. The summed E-state index contributed by atoms with van der Waals surface area (Å²) in [5, 5.41) is 3.01. The van der Waals surface area contributed by atoms with Gasteiger partial charge in [-0.15, -0.1) is 0 Å². The van der Waals surface area contributed by atoms with Crippen LogP contribution in [0.1, 0.15) is 35.3 Å². The Morgan fingerprint density at radius 2 is 2.00 bits per heavy atom. The summed E-state index contributed by atoms with van der Waals surface area (Å²) in [5.41, 5.74) is 1.69. The Morgan fingerprint density at radius 1 is 1.23 bits per heavy atom. The molecule has 2 fully saturated rings. The van der Waals surface area contributed by atoms with Gasteiger partial charge >= 0.3 is 5.97 Å². The second kappa shape index (κ2) is 10.3. The highest BCUT2D eigenvalue weighted by Gasteiger charge is 2.42. The van der Waals surface area contributed by atoms with Gasteiger partial charge in [0, 0.05) is 25.2 Å². The predicted octanol–water partition coefficient (Wildman–Crippen LogP) is 1.59. The SMILES string of the molecule is COC(=O)[C@@H]1C[C@H](NC(=O)c2cnsn2)CN1C1CCN(CCc2ccccc2)CC1. The molecule has 1 amide bonds. The summed E-state index contributed by atoms with van der Waals surface area (Å²) in [6.07, 6.45) is 5.11. The van der Waals surface area contributed by atoms with Crippen LogP contribution in [-0.2, 0) is 16.0 Å². The lowest BCUT2D eigenvalue weighted by atomic mass is 10.0. The van der Waals surface area contributed by atoms with Gasteiger partial charge in [0.25, 0.3) is 5.91 Å². The van der Waals surface area contributed by atoms with Gasteiger partial charge in [-0.1, -0.05) is 30.3 Å². The van der Waals surface area contributed by atoms with E-state index in [1.54, 1.807) is 0 Å². The first kappa shape index (κ1) is 21.9. The lowest BCUT2D eigenvalue weighted by Crippen LogP contribution is -2.49. The molecule has 0 saturated carbocycles. The van der Waals surface area contributed by atoms with Crippen LogP contribution in [0, 0.1) is 0 Å². The van der Waals surface area contributed by atoms with E-state index >= 15 is 0 Å². The number of nitrogens with zero attached hydrogens (tertiary/aromatic N) is 4. The van der Waals surface area contributed by atoms with E-state index in [9.17, 15) is 9.59 Å². The molecule has 166 valence electrons. The van der Waals surface area contributed by atoms with Crippen LogP contribution >= 0.6 is 11.7 Å². The third kappa shape index (κ3) is 5.47. The van der Waals surface area contributed by atoms with Crippen molar-refractivity contribution in [3.8, 4) is 0 Å². The number of carbonyl (C=O) groups excluding carboxylic acids is 2. The Morgan fingerprint density at radius 3 is 2.68 bits per heavy atom. The number of nitrogens with one attached hydrogen (secondary N) is 1. The van der Waals surface area contributed by atoms with Crippen LogP contribution in [0.15, 0.2) is 36.5 Å². The molecule has 2 aliphatic heterocycles. The van der Waals surface area contributed by atoms with Crippen molar-refractivity contribution >= 4 is 23.6 Å². The second-order valence-corrected chi connectivity index (χ2v) is 8.80. The van der Waals surface area contributed by atoms with Crippen LogP contribution in [0.5, 0.6) is 0 Å². The quantitative estimate of drug-likeness (QED) is 0.650. The fraction of sp³-hybridized carbons (Fsp3) is 0.545. The van der Waals surface area contributed by atoms with Crippen molar-refractivity contribution < 1.29 is 14.3 Å². The Bertz CT molecular complexity index is 855. The lowest BCUT2D eigenvalue weighted by molar-refractivity contribution is -0.147. The maximum absolute atomic E-state index is 12.4. The highest BCUT2D eigenvalue weighted by atomic mass is 32.1. The maximum Gasteiger partial charge on any atom is 0.323 e. The van der Waals surface area contributed by atoms with E-state index in [2.05, 4.69) is 48.1 Å². The minimum absolute atomic E-state index is 0.102. The molecule has 2 atom stereocenters. The monoisotopic (exact) mass is 443 g/mol. The summed E-state index contributed by atoms with van der Waals surface area (Å²) in [4.78, 5) is 29.6. The van der Waals surface area contributed by atoms with E-state index in [-0.39, 0.29) is 24.0 Å². The van der Waals surface area contributed by atoms with Crippen molar-refractivity contribution in [1.29, 1.82) is 0 Å². The molecule has 0 aliphatic carbocycles. The molecule has 0 spiro atoms. The van der Waals surface area contributed by atoms with Gasteiger partial charge in [0.2, 0.25) is 0 Å². The molecule has 8 nitrogen and oxygen atoms in total. The molecule has 31 heavy (non-hydrogen) atoms. The Kier molecular flexibility index (Phi) is 7.26. The number of ether oxygens (including phenoxy) is 1. The largest absolute Gasteiger partial charge is 0.468 e. The number of amides is 1. The van der Waals surface area contributed by atoms with Crippen molar-refractivity contribution in [1.82, 2.24) is 23.9 Å². The van der Waals surface area contributed by atoms with Crippen LogP contribution in [0.2, 0.25) is 0 Å². The van der Waals surface area contributed by atoms with Gasteiger partial charge < -0.3 is 15.0 Å². The molecule has 1 N–H and O–H groups in total. The van der Waals surface area contributed by atoms with Crippen molar-refractivity contribution in [2.45, 2.75) is 43.8 Å². The molecule has 0 unspecified atom stereocenters. The van der Waals surface area contributed by atoms with Crippen LogP contribution in [0.25, 0.3) is 0 Å². The molecular formula is C22H29N5O3S. The van der Waals surface area contributed by atoms with Crippen molar-refractivity contribution in [2.75, 3.05) is 33.3 Å². The third-order valence-electron chi connectivity index (χ3n) is 6.33. The van der Waals surface area contributed by atoms with Crippen LogP contribution < -0.4 is 5.32 Å². The second-order valence-electron chi connectivity index (χ2n) is 8.24. The number of piperidine rings is 1. The minimum Gasteiger partial charge on any atom is -0.468 e. The zero-order valence-corrected chi connectivity index (χ0v) is 18.6. The highest BCUT2D eigenvalue weighted by Crippen LogP contribution is 2.27. The van der Waals surface area contributed by atoms with Crippen molar-refractivity contribution in [3.63, 3.8) is 0 Å². The van der Waals surface area contributed by atoms with E-state index < -0.39 is 0 Å². The van der Waals surface area contributed by atoms with Gasteiger partial charge in [-0.05, 0) is 44.3 Å². The van der Waals surface area contributed by atoms with Crippen LogP contribution in [0.3, 0.4) is 0 Å². The fourth-order valence-electron chi connectivity index (χ4n) is 4.67. The van der Waals surface area contributed by atoms with E-state index in [0.717, 1.165) is 50.6 Å². The molecule has 0 bridgehead atoms. The van der Waals surface area contributed by atoms with E-state index in [4.69, 9.17) is 4.74 Å². The summed E-state index contributed by atoms with van der Waals surface area (Å²) in [5.74, 6) is -0.460. The molecule has 1 aromatic heterocycles. The standard InChI is InChI=1S/C22H29N5O3S/c1-30-22(29)20-13-17(24-21(28)19-14-23-31-25-19)15-27(20)18-8-11-26(12-9-18)10-7-16-5-3-2-4-6-16/h2-6,14,17-18,20H,7-13,15H2,1H3,(H,24,28)/t17-,20-/m0/s1. The number of carbonyl (C=O) groups is 2. The summed E-state index contributed by atoms with van der Waals surface area (Å²) in [6, 6.07) is 10.5. The molecule has 2 aromatic rings. The Hall–Kier alpha value is -2.36. The first-order chi connectivity index (χ1) is 15.1. The topological polar surface area (TPSA) is 87.7 Å². The van der Waals surface area contributed by atoms with Gasteiger partial charge in [0.1, 0.15) is 6.04 Å². The zero-order valence-electron chi connectivity index (χ0n) is 17.8. The van der Waals surface area contributed by atoms with Crippen LogP contribution in [-0.4, -0.2) is 81.8 Å². The first-order valence-corrected chi connectivity index (χ1v) is 11.6. The average Bonchev–Trinajstić information content (AvgIpc) is 3.49. The highest BCUT2D eigenvalue weighted by molar-refractivity contribution is 6.99. The van der Waals surface area contributed by atoms with E-state index in [1.807, 2.05) is 6.07 Å². The first-order valence-electron chi connectivity index (χ1n) is 10.8. The van der Waals surface area contributed by atoms with Gasteiger partial charge in [-0.3, -0.25) is 14.5 Å². The Labute approximate surface area is 186 Å². The normalized spacial score (nSPS) is 23.0. The van der Waals surface area contributed by atoms with Gasteiger partial charge in [0.15, 0.2) is 5.69 Å². The fourth-order valence-corrected chi connectivity index (χ4v) is 5.08. The smallest absolute Gasteiger partial charge is 0.323 e. The molecule has 0 radical (unpaired) electrons. The number of likely N-dealkylation sites (tertiary alicyclic amines) is 2. The lowest BCUT2D eigenvalue weighted by Gasteiger charge is -2.38. The molecule has 3 heterocycles. The molecule has 9 heteroatoms. The van der Waals surface area contributed by atoms with E-state index in [0.29, 0.717) is 24.7 Å². The number of hydrogen-bond donors (Lipinski definition) is 1. The van der Waals surface area contributed by atoms with E-state index in [1.165, 1.54) is 18.9 Å². The Balaban J connectivity index is 1.31. The van der Waals surface area contributed by atoms with Gasteiger partial charge in [-0.2, -0.15) is 8.75 Å². The average molecular weight is 444 g/mol.